The molecule has 0 radical (unpaired) electrons. The molecule has 5 rings (SSSR count). The summed E-state index contributed by atoms with van der Waals surface area (Å²) in [5, 5.41) is 0.752. The third-order valence-electron chi connectivity index (χ3n) is 6.83. The first-order valence-corrected chi connectivity index (χ1v) is 11.0. The van der Waals surface area contributed by atoms with Gasteiger partial charge in [0.15, 0.2) is 0 Å². The highest BCUT2D eigenvalue weighted by Crippen LogP contribution is 2.41. The Kier molecular flexibility index (Phi) is 4.98. The Hall–Kier alpha value is -1.71. The lowest BCUT2D eigenvalue weighted by Crippen LogP contribution is -2.53. The lowest BCUT2D eigenvalue weighted by molar-refractivity contribution is -0.0337. The molecule has 2 heterocycles. The summed E-state index contributed by atoms with van der Waals surface area (Å²) in [5.41, 5.74) is 2.45. The first-order chi connectivity index (χ1) is 13.7. The standard InChI is InChI=1S/C24H28ClNO2/c25-20-6-4-18(5-7-20)17-27-22-8-9-23-19(16-22)10-11-24(28-23)12-14-26(15-13-24)21-2-1-3-21/h4-9,16,21H,1-3,10-15,17H2. The van der Waals surface area contributed by atoms with E-state index in [1.807, 2.05) is 30.3 Å². The molecule has 0 unspecified atom stereocenters. The van der Waals surface area contributed by atoms with Crippen LogP contribution in [0.3, 0.4) is 0 Å². The highest BCUT2D eigenvalue weighted by molar-refractivity contribution is 6.30. The average molecular weight is 398 g/mol. The first-order valence-electron chi connectivity index (χ1n) is 10.6. The van der Waals surface area contributed by atoms with Crippen LogP contribution in [0.5, 0.6) is 11.5 Å². The molecule has 4 heteroatoms. The van der Waals surface area contributed by atoms with Gasteiger partial charge in [-0.2, -0.15) is 0 Å². The molecule has 3 nitrogen and oxygen atoms in total. The van der Waals surface area contributed by atoms with E-state index in [1.165, 1.54) is 37.9 Å². The number of benzene rings is 2. The Morgan fingerprint density at radius 3 is 2.54 bits per heavy atom. The largest absolute Gasteiger partial charge is 0.489 e. The van der Waals surface area contributed by atoms with Crippen LogP contribution in [0.2, 0.25) is 5.02 Å². The number of rotatable bonds is 4. The molecule has 0 amide bonds. The maximum atomic E-state index is 6.57. The summed E-state index contributed by atoms with van der Waals surface area (Å²) < 4.78 is 12.6. The molecule has 3 aliphatic rings. The minimum absolute atomic E-state index is 0.0545. The number of hydrogen-bond acceptors (Lipinski definition) is 3. The second-order valence-electron chi connectivity index (χ2n) is 8.59. The van der Waals surface area contributed by atoms with Gasteiger partial charge in [-0.1, -0.05) is 30.2 Å². The Labute approximate surface area is 172 Å². The van der Waals surface area contributed by atoms with E-state index in [1.54, 1.807) is 0 Å². The van der Waals surface area contributed by atoms with Crippen LogP contribution in [0.1, 0.15) is 49.7 Å². The van der Waals surface area contributed by atoms with Crippen molar-refractivity contribution in [3.63, 3.8) is 0 Å². The summed E-state index contributed by atoms with van der Waals surface area (Å²) in [6.07, 6.45) is 8.75. The van der Waals surface area contributed by atoms with Crippen LogP contribution in [0.4, 0.5) is 0 Å². The fraction of sp³-hybridized carbons (Fsp3) is 0.500. The van der Waals surface area contributed by atoms with Crippen LogP contribution in [-0.4, -0.2) is 29.6 Å². The van der Waals surface area contributed by atoms with Crippen LogP contribution in [0.25, 0.3) is 0 Å². The Morgan fingerprint density at radius 2 is 1.82 bits per heavy atom. The van der Waals surface area contributed by atoms with E-state index in [2.05, 4.69) is 17.0 Å². The van der Waals surface area contributed by atoms with E-state index in [0.717, 1.165) is 53.8 Å². The van der Waals surface area contributed by atoms with E-state index >= 15 is 0 Å². The van der Waals surface area contributed by atoms with Gasteiger partial charge in [-0.15, -0.1) is 0 Å². The van der Waals surface area contributed by atoms with Crippen molar-refractivity contribution in [3.8, 4) is 11.5 Å². The Morgan fingerprint density at radius 1 is 1.04 bits per heavy atom. The summed E-state index contributed by atoms with van der Waals surface area (Å²) in [6.45, 7) is 2.95. The number of likely N-dealkylation sites (tertiary alicyclic amines) is 1. The fourth-order valence-corrected chi connectivity index (χ4v) is 4.86. The molecule has 1 saturated heterocycles. The van der Waals surface area contributed by atoms with Crippen molar-refractivity contribution in [2.45, 2.75) is 63.2 Å². The van der Waals surface area contributed by atoms with Crippen molar-refractivity contribution in [2.75, 3.05) is 13.1 Å². The molecule has 1 spiro atoms. The van der Waals surface area contributed by atoms with Crippen LogP contribution in [0.15, 0.2) is 42.5 Å². The van der Waals surface area contributed by atoms with Crippen molar-refractivity contribution in [1.82, 2.24) is 4.90 Å². The third-order valence-corrected chi connectivity index (χ3v) is 7.08. The number of fused-ring (bicyclic) bond motifs is 1. The number of halogens is 1. The van der Waals surface area contributed by atoms with E-state index < -0.39 is 0 Å². The van der Waals surface area contributed by atoms with Crippen LogP contribution in [0, 0.1) is 0 Å². The van der Waals surface area contributed by atoms with Crippen LogP contribution >= 0.6 is 11.6 Å². The lowest BCUT2D eigenvalue weighted by Gasteiger charge is -2.48. The highest BCUT2D eigenvalue weighted by Gasteiger charge is 2.41. The molecular weight excluding hydrogens is 370 g/mol. The molecule has 2 fully saturated rings. The van der Waals surface area contributed by atoms with Gasteiger partial charge in [-0.05, 0) is 80.0 Å². The van der Waals surface area contributed by atoms with Gasteiger partial charge in [-0.3, -0.25) is 0 Å². The molecule has 148 valence electrons. The number of hydrogen-bond donors (Lipinski definition) is 0. The minimum atomic E-state index is 0.0545. The summed E-state index contributed by atoms with van der Waals surface area (Å²) >= 11 is 5.95. The van der Waals surface area contributed by atoms with Gasteiger partial charge < -0.3 is 14.4 Å². The van der Waals surface area contributed by atoms with E-state index in [0.29, 0.717) is 6.61 Å². The lowest BCUT2D eigenvalue weighted by atomic mass is 9.81. The maximum absolute atomic E-state index is 6.57. The smallest absolute Gasteiger partial charge is 0.123 e. The minimum Gasteiger partial charge on any atom is -0.489 e. The molecule has 0 N–H and O–H groups in total. The molecule has 2 aromatic rings. The van der Waals surface area contributed by atoms with Gasteiger partial charge in [0.1, 0.15) is 23.7 Å². The van der Waals surface area contributed by atoms with Gasteiger partial charge >= 0.3 is 0 Å². The molecule has 2 aliphatic heterocycles. The highest BCUT2D eigenvalue weighted by atomic mass is 35.5. The summed E-state index contributed by atoms with van der Waals surface area (Å²) in [6, 6.07) is 15.0. The Bertz CT molecular complexity index is 823. The molecule has 1 aliphatic carbocycles. The van der Waals surface area contributed by atoms with Crippen molar-refractivity contribution in [1.29, 1.82) is 0 Å². The zero-order valence-electron chi connectivity index (χ0n) is 16.3. The zero-order valence-corrected chi connectivity index (χ0v) is 17.1. The van der Waals surface area contributed by atoms with Crippen LogP contribution in [-0.2, 0) is 13.0 Å². The van der Waals surface area contributed by atoms with Gasteiger partial charge in [0.05, 0.1) is 0 Å². The molecule has 0 atom stereocenters. The molecular formula is C24H28ClNO2. The van der Waals surface area contributed by atoms with E-state index in [4.69, 9.17) is 21.1 Å². The maximum Gasteiger partial charge on any atom is 0.123 e. The predicted octanol–water partition coefficient (Wildman–Crippen LogP) is 5.63. The average Bonchev–Trinajstić information content (AvgIpc) is 2.68. The van der Waals surface area contributed by atoms with Gasteiger partial charge in [0, 0.05) is 24.2 Å². The van der Waals surface area contributed by atoms with Crippen molar-refractivity contribution < 1.29 is 9.47 Å². The normalized spacial score (nSPS) is 21.6. The van der Waals surface area contributed by atoms with Crippen molar-refractivity contribution in [3.05, 3.63) is 58.6 Å². The van der Waals surface area contributed by atoms with Crippen LogP contribution < -0.4 is 9.47 Å². The van der Waals surface area contributed by atoms with Crippen molar-refractivity contribution >= 4 is 11.6 Å². The second kappa shape index (κ2) is 7.61. The molecule has 0 aromatic heterocycles. The van der Waals surface area contributed by atoms with Gasteiger partial charge in [-0.25, -0.2) is 0 Å². The number of nitrogens with zero attached hydrogens (tertiary/aromatic N) is 1. The molecule has 1 saturated carbocycles. The monoisotopic (exact) mass is 397 g/mol. The first kappa shape index (κ1) is 18.3. The number of piperidine rings is 1. The summed E-state index contributed by atoms with van der Waals surface area (Å²) in [7, 11) is 0. The topological polar surface area (TPSA) is 21.7 Å². The SMILES string of the molecule is Clc1ccc(COc2ccc3c(c2)CCC2(CCN(C4CCC4)CC2)O3)cc1. The van der Waals surface area contributed by atoms with Gasteiger partial charge in [0.2, 0.25) is 0 Å². The molecule has 28 heavy (non-hydrogen) atoms. The molecule has 2 aromatic carbocycles. The van der Waals surface area contributed by atoms with E-state index in [-0.39, 0.29) is 5.60 Å². The quantitative estimate of drug-likeness (QED) is 0.667. The molecule has 0 bridgehead atoms. The third kappa shape index (κ3) is 3.75. The van der Waals surface area contributed by atoms with Gasteiger partial charge in [0.25, 0.3) is 0 Å². The van der Waals surface area contributed by atoms with E-state index in [9.17, 15) is 0 Å². The Balaban J connectivity index is 1.20. The van der Waals surface area contributed by atoms with Crippen molar-refractivity contribution in [2.24, 2.45) is 0 Å². The number of ether oxygens (including phenoxy) is 2. The fourth-order valence-electron chi connectivity index (χ4n) is 4.74. The summed E-state index contributed by atoms with van der Waals surface area (Å²) in [4.78, 5) is 2.70. The second-order valence-corrected chi connectivity index (χ2v) is 9.03. The predicted molar refractivity (Wildman–Crippen MR) is 112 cm³/mol. The number of aryl methyl sites for hydroxylation is 1. The zero-order chi connectivity index (χ0) is 19.0. The summed E-state index contributed by atoms with van der Waals surface area (Å²) in [5.74, 6) is 1.97.